The summed E-state index contributed by atoms with van der Waals surface area (Å²) in [4.78, 5) is 13.9. The Labute approximate surface area is 107 Å². The van der Waals surface area contributed by atoms with E-state index in [1.54, 1.807) is 13.2 Å². The first-order valence-electron chi connectivity index (χ1n) is 5.87. The first-order chi connectivity index (χ1) is 7.89. The Hall–Kier alpha value is -0.960. The Morgan fingerprint density at radius 2 is 2.29 bits per heavy atom. The smallest absolute Gasteiger partial charge is 0.240 e. The van der Waals surface area contributed by atoms with Gasteiger partial charge < -0.3 is 9.32 Å². The Kier molecular flexibility index (Phi) is 3.21. The lowest BCUT2D eigenvalue weighted by Crippen LogP contribution is -2.40. The molecule has 1 amide bonds. The van der Waals surface area contributed by atoms with Crippen LogP contribution in [0, 0.1) is 5.41 Å². The van der Waals surface area contributed by atoms with Crippen molar-refractivity contribution in [3.63, 3.8) is 0 Å². The second-order valence-corrected chi connectivity index (χ2v) is 6.17. The lowest BCUT2D eigenvalue weighted by Gasteiger charge is -2.30. The van der Waals surface area contributed by atoms with Gasteiger partial charge in [-0.15, -0.1) is 11.6 Å². The zero-order chi connectivity index (χ0) is 12.6. The maximum absolute atomic E-state index is 12.0. The van der Waals surface area contributed by atoms with E-state index in [4.69, 9.17) is 16.0 Å². The summed E-state index contributed by atoms with van der Waals surface area (Å²) in [6, 6.07) is 1.94. The van der Waals surface area contributed by atoms with Crippen LogP contribution in [-0.4, -0.2) is 22.7 Å². The van der Waals surface area contributed by atoms with Crippen molar-refractivity contribution < 1.29 is 9.21 Å². The molecule has 94 valence electrons. The van der Waals surface area contributed by atoms with Crippen LogP contribution in [0.2, 0.25) is 0 Å². The number of carbonyl (C=O) groups is 1. The molecule has 4 heteroatoms. The third kappa shape index (κ3) is 2.65. The lowest BCUT2D eigenvalue weighted by molar-refractivity contribution is -0.132. The summed E-state index contributed by atoms with van der Waals surface area (Å²) >= 11 is 5.89. The summed E-state index contributed by atoms with van der Waals surface area (Å²) in [6.07, 6.45) is 2.55. The predicted octanol–water partition coefficient (Wildman–Crippen LogP) is 2.82. The second-order valence-electron chi connectivity index (χ2n) is 5.52. The van der Waals surface area contributed by atoms with Crippen molar-refractivity contribution in [2.45, 2.75) is 39.1 Å². The molecular weight excluding hydrogens is 238 g/mol. The van der Waals surface area contributed by atoms with Gasteiger partial charge in [0, 0.05) is 25.1 Å². The number of amides is 1. The third-order valence-electron chi connectivity index (χ3n) is 3.11. The molecule has 0 fully saturated rings. The Morgan fingerprint density at radius 3 is 2.94 bits per heavy atom. The molecule has 2 rings (SSSR count). The van der Waals surface area contributed by atoms with Crippen LogP contribution < -0.4 is 0 Å². The van der Waals surface area contributed by atoms with E-state index in [1.165, 1.54) is 0 Å². The molecule has 1 aliphatic rings. The Morgan fingerprint density at radius 1 is 1.59 bits per heavy atom. The minimum atomic E-state index is -0.473. The number of carbonyl (C=O) groups excluding carboxylic acids is 1. The van der Waals surface area contributed by atoms with Crippen LogP contribution in [0.1, 0.15) is 32.1 Å². The van der Waals surface area contributed by atoms with E-state index < -0.39 is 5.38 Å². The monoisotopic (exact) mass is 255 g/mol. The van der Waals surface area contributed by atoms with Crippen molar-refractivity contribution in [1.29, 1.82) is 0 Å². The van der Waals surface area contributed by atoms with E-state index >= 15 is 0 Å². The first kappa shape index (κ1) is 12.5. The van der Waals surface area contributed by atoms with Crippen LogP contribution in [0.5, 0.6) is 0 Å². The van der Waals surface area contributed by atoms with E-state index in [9.17, 15) is 4.79 Å². The van der Waals surface area contributed by atoms with E-state index in [0.29, 0.717) is 13.1 Å². The highest BCUT2D eigenvalue weighted by Crippen LogP contribution is 2.31. The van der Waals surface area contributed by atoms with Gasteiger partial charge in [0.25, 0.3) is 0 Å². The molecule has 2 heterocycles. The molecule has 1 atom stereocenters. The van der Waals surface area contributed by atoms with Gasteiger partial charge in [0.1, 0.15) is 11.1 Å². The summed E-state index contributed by atoms with van der Waals surface area (Å²) < 4.78 is 5.49. The molecule has 0 aliphatic carbocycles. The van der Waals surface area contributed by atoms with Gasteiger partial charge in [0.05, 0.1) is 6.26 Å². The molecular formula is C13H18ClNO2. The minimum Gasteiger partial charge on any atom is -0.469 e. The van der Waals surface area contributed by atoms with E-state index in [-0.39, 0.29) is 11.3 Å². The normalized spacial score (nSPS) is 20.6. The van der Waals surface area contributed by atoms with Gasteiger partial charge in [-0.3, -0.25) is 4.79 Å². The minimum absolute atomic E-state index is 0.00575. The van der Waals surface area contributed by atoms with Gasteiger partial charge in [-0.1, -0.05) is 13.8 Å². The largest absolute Gasteiger partial charge is 0.469 e. The molecule has 1 aliphatic heterocycles. The van der Waals surface area contributed by atoms with Gasteiger partial charge >= 0.3 is 0 Å². The molecule has 1 unspecified atom stereocenters. The molecule has 0 saturated carbocycles. The van der Waals surface area contributed by atoms with Gasteiger partial charge in [-0.05, 0) is 18.4 Å². The summed E-state index contributed by atoms with van der Waals surface area (Å²) in [5.74, 6) is 0.987. The fraction of sp³-hybridized carbons (Fsp3) is 0.615. The zero-order valence-electron chi connectivity index (χ0n) is 10.5. The van der Waals surface area contributed by atoms with Crippen LogP contribution >= 0.6 is 11.6 Å². The van der Waals surface area contributed by atoms with Crippen molar-refractivity contribution in [3.05, 3.63) is 23.7 Å². The molecule has 1 aromatic rings. The van der Waals surface area contributed by atoms with Crippen molar-refractivity contribution in [2.24, 2.45) is 5.41 Å². The highest BCUT2D eigenvalue weighted by atomic mass is 35.5. The molecule has 0 bridgehead atoms. The van der Waals surface area contributed by atoms with Gasteiger partial charge in [-0.25, -0.2) is 0 Å². The molecule has 1 aromatic heterocycles. The topological polar surface area (TPSA) is 33.5 Å². The van der Waals surface area contributed by atoms with Crippen LogP contribution in [-0.2, 0) is 17.8 Å². The van der Waals surface area contributed by atoms with Crippen molar-refractivity contribution in [1.82, 2.24) is 4.90 Å². The number of alkyl halides is 1. The summed E-state index contributed by atoms with van der Waals surface area (Å²) in [5, 5.41) is -0.473. The van der Waals surface area contributed by atoms with Gasteiger partial charge in [-0.2, -0.15) is 0 Å². The van der Waals surface area contributed by atoms with Crippen LogP contribution in [0.3, 0.4) is 0 Å². The first-order valence-corrected chi connectivity index (χ1v) is 6.31. The van der Waals surface area contributed by atoms with Crippen LogP contribution in [0.25, 0.3) is 0 Å². The number of hydrogen-bond donors (Lipinski definition) is 0. The molecule has 17 heavy (non-hydrogen) atoms. The molecule has 0 spiro atoms. The number of furan rings is 1. The highest BCUT2D eigenvalue weighted by molar-refractivity contribution is 6.30. The fourth-order valence-electron chi connectivity index (χ4n) is 2.34. The van der Waals surface area contributed by atoms with Crippen LogP contribution in [0.15, 0.2) is 16.7 Å². The fourth-order valence-corrected chi connectivity index (χ4v) is 2.48. The summed E-state index contributed by atoms with van der Waals surface area (Å²) in [5.41, 5.74) is 1.12. The quantitative estimate of drug-likeness (QED) is 0.723. The molecule has 0 aromatic carbocycles. The average molecular weight is 256 g/mol. The summed E-state index contributed by atoms with van der Waals surface area (Å²) in [7, 11) is 0. The number of nitrogens with zero attached hydrogens (tertiary/aromatic N) is 1. The molecule has 0 saturated heterocycles. The standard InChI is InChI=1S/C13H18ClNO2/c1-9(14)12(16)15-7-10-4-5-17-11(10)6-13(2,3)8-15/h4-5,9H,6-8H2,1-3H3. The van der Waals surface area contributed by atoms with Gasteiger partial charge in [0.15, 0.2) is 0 Å². The number of hydrogen-bond acceptors (Lipinski definition) is 2. The highest BCUT2D eigenvalue weighted by Gasteiger charge is 2.32. The average Bonchev–Trinajstić information content (AvgIpc) is 2.57. The van der Waals surface area contributed by atoms with E-state index in [2.05, 4.69) is 13.8 Å². The molecule has 0 N–H and O–H groups in total. The van der Waals surface area contributed by atoms with E-state index in [0.717, 1.165) is 17.7 Å². The molecule has 3 nitrogen and oxygen atoms in total. The van der Waals surface area contributed by atoms with E-state index in [1.807, 2.05) is 11.0 Å². The van der Waals surface area contributed by atoms with Crippen molar-refractivity contribution in [2.75, 3.05) is 6.54 Å². The zero-order valence-corrected chi connectivity index (χ0v) is 11.3. The summed E-state index contributed by atoms with van der Waals surface area (Å²) in [6.45, 7) is 7.32. The number of rotatable bonds is 1. The van der Waals surface area contributed by atoms with Gasteiger partial charge in [0.2, 0.25) is 5.91 Å². The molecule has 0 radical (unpaired) electrons. The third-order valence-corrected chi connectivity index (χ3v) is 3.30. The Bertz CT molecular complexity index is 423. The number of fused-ring (bicyclic) bond motifs is 1. The van der Waals surface area contributed by atoms with Crippen molar-refractivity contribution >= 4 is 17.5 Å². The number of halogens is 1. The Balaban J connectivity index is 2.29. The second kappa shape index (κ2) is 4.37. The lowest BCUT2D eigenvalue weighted by atomic mass is 9.88. The van der Waals surface area contributed by atoms with Crippen molar-refractivity contribution in [3.8, 4) is 0 Å². The van der Waals surface area contributed by atoms with Crippen LogP contribution in [0.4, 0.5) is 0 Å². The maximum atomic E-state index is 12.0. The predicted molar refractivity (Wildman–Crippen MR) is 66.9 cm³/mol. The maximum Gasteiger partial charge on any atom is 0.240 e. The SMILES string of the molecule is CC(Cl)C(=O)N1Cc2ccoc2CC(C)(C)C1.